The van der Waals surface area contributed by atoms with Crippen molar-refractivity contribution in [2.45, 2.75) is 72.5 Å². The second-order valence-corrected chi connectivity index (χ2v) is 8.35. The number of carboxylic acid groups (broad SMARTS) is 1. The maximum atomic E-state index is 12.5. The largest absolute Gasteiger partial charge is 0.481 e. The first-order valence-corrected chi connectivity index (χ1v) is 9.75. The number of pyridine rings is 1. The van der Waals surface area contributed by atoms with Crippen molar-refractivity contribution in [1.82, 2.24) is 4.98 Å². The maximum Gasteiger partial charge on any atom is 0.413 e. The maximum absolute atomic E-state index is 12.5. The predicted molar refractivity (Wildman–Crippen MR) is 109 cm³/mol. The van der Waals surface area contributed by atoms with E-state index in [1.54, 1.807) is 39.8 Å². The van der Waals surface area contributed by atoms with E-state index in [2.05, 4.69) is 10.3 Å². The van der Waals surface area contributed by atoms with Gasteiger partial charge in [0.2, 0.25) is 0 Å². The second-order valence-electron chi connectivity index (χ2n) is 8.35. The molecule has 8 nitrogen and oxygen atoms in total. The number of aliphatic carboxylic acids is 1. The Morgan fingerprint density at radius 3 is 2.21 bits per heavy atom. The molecule has 0 bridgehead atoms. The number of amides is 1. The highest BCUT2D eigenvalue weighted by Crippen LogP contribution is 2.34. The van der Waals surface area contributed by atoms with Crippen molar-refractivity contribution in [3.8, 4) is 0 Å². The van der Waals surface area contributed by atoms with Gasteiger partial charge in [-0.1, -0.05) is 26.8 Å². The molecule has 1 aromatic rings. The van der Waals surface area contributed by atoms with E-state index in [1.165, 1.54) is 6.20 Å². The second kappa shape index (κ2) is 10.2. The first-order chi connectivity index (χ1) is 13.4. The molecule has 29 heavy (non-hydrogen) atoms. The SMILES string of the molecule is CCC(C)OC(=O)C(C(=O)O)C(c1ccc(NC(=O)OC(C)(C)C)nc1)C(C)C. The van der Waals surface area contributed by atoms with E-state index < -0.39 is 35.5 Å². The molecule has 1 rings (SSSR count). The zero-order chi connectivity index (χ0) is 22.4. The minimum atomic E-state index is -1.35. The molecule has 0 fully saturated rings. The van der Waals surface area contributed by atoms with Crippen molar-refractivity contribution >= 4 is 23.8 Å². The third-order valence-corrected chi connectivity index (χ3v) is 4.29. The van der Waals surface area contributed by atoms with Gasteiger partial charge in [-0.25, -0.2) is 9.78 Å². The Morgan fingerprint density at radius 1 is 1.17 bits per heavy atom. The minimum Gasteiger partial charge on any atom is -0.481 e. The predicted octanol–water partition coefficient (Wildman–Crippen LogP) is 4.21. The van der Waals surface area contributed by atoms with Gasteiger partial charge in [0.15, 0.2) is 5.92 Å². The molecule has 162 valence electrons. The quantitative estimate of drug-likeness (QED) is 0.489. The Hall–Kier alpha value is -2.64. The van der Waals surface area contributed by atoms with Crippen LogP contribution in [0.1, 0.15) is 66.4 Å². The van der Waals surface area contributed by atoms with Gasteiger partial charge >= 0.3 is 18.0 Å². The third kappa shape index (κ3) is 7.71. The highest BCUT2D eigenvalue weighted by atomic mass is 16.6. The van der Waals surface area contributed by atoms with Gasteiger partial charge in [-0.15, -0.1) is 0 Å². The summed E-state index contributed by atoms with van der Waals surface area (Å²) in [5, 5.41) is 12.2. The molecule has 0 aliphatic carbocycles. The number of carbonyl (C=O) groups excluding carboxylic acids is 2. The number of hydrogen-bond donors (Lipinski definition) is 2. The fourth-order valence-corrected chi connectivity index (χ4v) is 2.80. The van der Waals surface area contributed by atoms with E-state index in [0.29, 0.717) is 12.0 Å². The molecule has 0 saturated carbocycles. The van der Waals surface area contributed by atoms with E-state index in [-0.39, 0.29) is 17.8 Å². The van der Waals surface area contributed by atoms with Gasteiger partial charge in [0.1, 0.15) is 11.4 Å². The van der Waals surface area contributed by atoms with Gasteiger partial charge in [0, 0.05) is 12.1 Å². The molecular weight excluding hydrogens is 376 g/mol. The molecule has 0 spiro atoms. The number of nitrogens with zero attached hydrogens (tertiary/aromatic N) is 1. The molecule has 1 heterocycles. The fraction of sp³-hybridized carbons (Fsp3) is 0.619. The van der Waals surface area contributed by atoms with Crippen LogP contribution in [0.5, 0.6) is 0 Å². The first kappa shape index (κ1) is 24.4. The van der Waals surface area contributed by atoms with Crippen LogP contribution in [0.4, 0.5) is 10.6 Å². The molecule has 1 aromatic heterocycles. The van der Waals surface area contributed by atoms with Gasteiger partial charge in [0.25, 0.3) is 0 Å². The van der Waals surface area contributed by atoms with E-state index >= 15 is 0 Å². The summed E-state index contributed by atoms with van der Waals surface area (Å²) >= 11 is 0. The van der Waals surface area contributed by atoms with Crippen LogP contribution in [0.3, 0.4) is 0 Å². The summed E-state index contributed by atoms with van der Waals surface area (Å²) in [6, 6.07) is 3.20. The number of rotatable bonds is 8. The van der Waals surface area contributed by atoms with Crippen molar-refractivity contribution in [2.75, 3.05) is 5.32 Å². The molecule has 0 aliphatic heterocycles. The minimum absolute atomic E-state index is 0.160. The lowest BCUT2D eigenvalue weighted by molar-refractivity contribution is -0.163. The lowest BCUT2D eigenvalue weighted by Gasteiger charge is -2.27. The monoisotopic (exact) mass is 408 g/mol. The number of carbonyl (C=O) groups is 3. The van der Waals surface area contributed by atoms with Crippen LogP contribution in [0.25, 0.3) is 0 Å². The van der Waals surface area contributed by atoms with Gasteiger partial charge in [-0.2, -0.15) is 0 Å². The Balaban J connectivity index is 3.07. The van der Waals surface area contributed by atoms with Crippen molar-refractivity contribution in [3.63, 3.8) is 0 Å². The van der Waals surface area contributed by atoms with Crippen LogP contribution in [-0.2, 0) is 19.1 Å². The summed E-state index contributed by atoms with van der Waals surface area (Å²) < 4.78 is 10.5. The van der Waals surface area contributed by atoms with Crippen molar-refractivity contribution in [3.05, 3.63) is 23.9 Å². The van der Waals surface area contributed by atoms with E-state index in [1.807, 2.05) is 20.8 Å². The number of aromatic nitrogens is 1. The molecule has 8 heteroatoms. The molecule has 0 radical (unpaired) electrons. The van der Waals surface area contributed by atoms with Crippen LogP contribution >= 0.6 is 0 Å². The first-order valence-electron chi connectivity index (χ1n) is 9.75. The topological polar surface area (TPSA) is 115 Å². The fourth-order valence-electron chi connectivity index (χ4n) is 2.80. The number of nitrogens with one attached hydrogen (secondary N) is 1. The van der Waals surface area contributed by atoms with Crippen molar-refractivity contribution < 1.29 is 29.0 Å². The summed E-state index contributed by atoms with van der Waals surface area (Å²) in [5.41, 5.74) is -0.0690. The van der Waals surface area contributed by atoms with Gasteiger partial charge in [0.05, 0.1) is 6.10 Å². The Morgan fingerprint density at radius 2 is 1.79 bits per heavy atom. The number of carboxylic acids is 1. The average Bonchev–Trinajstić information content (AvgIpc) is 2.57. The van der Waals surface area contributed by atoms with E-state index in [0.717, 1.165) is 0 Å². The molecule has 0 aliphatic rings. The summed E-state index contributed by atoms with van der Waals surface area (Å²) in [6.45, 7) is 12.5. The van der Waals surface area contributed by atoms with Gasteiger partial charge in [-0.3, -0.25) is 14.9 Å². The summed E-state index contributed by atoms with van der Waals surface area (Å²) in [5.74, 6) is -3.89. The summed E-state index contributed by atoms with van der Waals surface area (Å²) in [6.07, 6.45) is 1.05. The summed E-state index contributed by atoms with van der Waals surface area (Å²) in [7, 11) is 0. The smallest absolute Gasteiger partial charge is 0.413 e. The lowest BCUT2D eigenvalue weighted by Crippen LogP contribution is -2.35. The Labute approximate surface area is 172 Å². The zero-order valence-electron chi connectivity index (χ0n) is 18.2. The molecule has 3 unspecified atom stereocenters. The van der Waals surface area contributed by atoms with Crippen LogP contribution in [0.15, 0.2) is 18.3 Å². The molecule has 3 atom stereocenters. The lowest BCUT2D eigenvalue weighted by atomic mass is 9.78. The van der Waals surface area contributed by atoms with Crippen LogP contribution in [0, 0.1) is 11.8 Å². The van der Waals surface area contributed by atoms with Crippen LogP contribution in [-0.4, -0.2) is 39.8 Å². The van der Waals surface area contributed by atoms with Gasteiger partial charge < -0.3 is 14.6 Å². The number of ether oxygens (including phenoxy) is 2. The van der Waals surface area contributed by atoms with Crippen LogP contribution < -0.4 is 5.32 Å². The number of anilines is 1. The average molecular weight is 408 g/mol. The number of hydrogen-bond acceptors (Lipinski definition) is 6. The standard InChI is InChI=1S/C21H32N2O6/c1-8-13(4)28-19(26)17(18(24)25)16(12(2)3)14-9-10-15(22-11-14)23-20(27)29-21(5,6)7/h9-13,16-17H,8H2,1-7H3,(H,24,25)(H,22,23,27). The zero-order valence-corrected chi connectivity index (χ0v) is 18.2. The molecular formula is C21H32N2O6. The number of esters is 1. The molecule has 1 amide bonds. The van der Waals surface area contributed by atoms with E-state index in [4.69, 9.17) is 9.47 Å². The van der Waals surface area contributed by atoms with Crippen molar-refractivity contribution in [1.29, 1.82) is 0 Å². The molecule has 0 aromatic carbocycles. The van der Waals surface area contributed by atoms with Crippen molar-refractivity contribution in [2.24, 2.45) is 11.8 Å². The molecule has 0 saturated heterocycles. The van der Waals surface area contributed by atoms with Crippen LogP contribution in [0.2, 0.25) is 0 Å². The Kier molecular flexibility index (Phi) is 8.60. The highest BCUT2D eigenvalue weighted by Gasteiger charge is 2.39. The summed E-state index contributed by atoms with van der Waals surface area (Å²) in [4.78, 5) is 40.4. The highest BCUT2D eigenvalue weighted by molar-refractivity contribution is 5.95. The van der Waals surface area contributed by atoms with E-state index in [9.17, 15) is 19.5 Å². The third-order valence-electron chi connectivity index (χ3n) is 4.29. The van der Waals surface area contributed by atoms with Gasteiger partial charge in [-0.05, 0) is 51.7 Å². The Bertz CT molecular complexity index is 709. The normalized spacial score (nSPS) is 14.6. The molecule has 2 N–H and O–H groups in total.